The van der Waals surface area contributed by atoms with Gasteiger partial charge in [-0.15, -0.1) is 0 Å². The summed E-state index contributed by atoms with van der Waals surface area (Å²) in [5.74, 6) is 0. The lowest BCUT2D eigenvalue weighted by molar-refractivity contribution is 0.0636. The molecule has 0 aromatic carbocycles. The van der Waals surface area contributed by atoms with Gasteiger partial charge in [0.1, 0.15) is 5.60 Å². The number of pyridine rings is 1. The molecule has 0 aliphatic carbocycles. The molecule has 0 spiro atoms. The van der Waals surface area contributed by atoms with E-state index in [0.717, 1.165) is 4.70 Å². The van der Waals surface area contributed by atoms with Gasteiger partial charge in [-0.3, -0.25) is 5.32 Å². The Hall–Kier alpha value is -1.89. The van der Waals surface area contributed by atoms with Crippen molar-refractivity contribution in [2.45, 2.75) is 26.4 Å². The number of nitrogens with zero attached hydrogens (tertiary/aromatic N) is 2. The summed E-state index contributed by atoms with van der Waals surface area (Å²) in [7, 11) is 0. The van der Waals surface area contributed by atoms with Crippen molar-refractivity contribution in [1.82, 2.24) is 9.97 Å². The first-order valence-electron chi connectivity index (χ1n) is 5.35. The summed E-state index contributed by atoms with van der Waals surface area (Å²) in [5, 5.41) is 3.07. The van der Waals surface area contributed by atoms with E-state index in [1.807, 2.05) is 0 Å². The highest BCUT2D eigenvalue weighted by atomic mass is 32.1. The quantitative estimate of drug-likeness (QED) is 0.828. The third-order valence-electron chi connectivity index (χ3n) is 1.91. The first-order valence-corrected chi connectivity index (χ1v) is 6.17. The molecule has 0 saturated heterocycles. The van der Waals surface area contributed by atoms with Gasteiger partial charge in [-0.05, 0) is 26.8 Å². The van der Waals surface area contributed by atoms with Crippen molar-refractivity contribution in [3.05, 3.63) is 12.3 Å². The van der Waals surface area contributed by atoms with Crippen LogP contribution in [-0.4, -0.2) is 21.7 Å². The highest BCUT2D eigenvalue weighted by Crippen LogP contribution is 2.24. The van der Waals surface area contributed by atoms with Crippen LogP contribution in [0.5, 0.6) is 0 Å². The lowest BCUT2D eigenvalue weighted by atomic mass is 10.2. The van der Waals surface area contributed by atoms with Gasteiger partial charge in [-0.1, -0.05) is 11.3 Å². The van der Waals surface area contributed by atoms with Gasteiger partial charge in [-0.2, -0.15) is 0 Å². The Labute approximate surface area is 108 Å². The van der Waals surface area contributed by atoms with E-state index in [0.29, 0.717) is 16.5 Å². The average Bonchev–Trinajstić information content (AvgIpc) is 2.53. The number of amides is 1. The van der Waals surface area contributed by atoms with Gasteiger partial charge in [0.05, 0.1) is 16.6 Å². The summed E-state index contributed by atoms with van der Waals surface area (Å²) in [6, 6.07) is 1.76. The third-order valence-corrected chi connectivity index (χ3v) is 2.73. The molecule has 2 heterocycles. The zero-order valence-corrected chi connectivity index (χ0v) is 11.2. The van der Waals surface area contributed by atoms with Gasteiger partial charge < -0.3 is 10.5 Å². The van der Waals surface area contributed by atoms with Crippen LogP contribution in [0.2, 0.25) is 0 Å². The number of ether oxygens (including phenoxy) is 1. The summed E-state index contributed by atoms with van der Waals surface area (Å²) in [6.45, 7) is 5.41. The number of carbonyl (C=O) groups excluding carboxylic acids is 1. The van der Waals surface area contributed by atoms with E-state index in [2.05, 4.69) is 15.3 Å². The fraction of sp³-hybridized carbons (Fsp3) is 0.364. The second kappa shape index (κ2) is 4.41. The number of thiazole rings is 1. The van der Waals surface area contributed by atoms with Crippen molar-refractivity contribution in [3.63, 3.8) is 0 Å². The predicted molar refractivity (Wildman–Crippen MR) is 71.7 cm³/mol. The molecule has 2 rings (SSSR count). The van der Waals surface area contributed by atoms with Crippen LogP contribution >= 0.6 is 11.3 Å². The van der Waals surface area contributed by atoms with E-state index < -0.39 is 11.7 Å². The maximum absolute atomic E-state index is 11.6. The number of aromatic nitrogens is 2. The molecule has 1 amide bonds. The number of rotatable bonds is 1. The average molecular weight is 266 g/mol. The number of nitrogens with one attached hydrogen (secondary N) is 1. The molecule has 0 aliphatic heterocycles. The van der Waals surface area contributed by atoms with Crippen LogP contribution in [0.3, 0.4) is 0 Å². The smallest absolute Gasteiger partial charge is 0.412 e. The van der Waals surface area contributed by atoms with Gasteiger partial charge in [-0.25, -0.2) is 14.8 Å². The zero-order chi connectivity index (χ0) is 13.3. The fourth-order valence-electron chi connectivity index (χ4n) is 1.33. The molecule has 2 aromatic rings. The number of hydrogen-bond donors (Lipinski definition) is 2. The lowest BCUT2D eigenvalue weighted by Crippen LogP contribution is -2.27. The molecule has 0 radical (unpaired) electrons. The third kappa shape index (κ3) is 3.07. The van der Waals surface area contributed by atoms with E-state index in [-0.39, 0.29) is 0 Å². The molecule has 0 unspecified atom stereocenters. The number of fused-ring (bicyclic) bond motifs is 1. The molecule has 2 aromatic heterocycles. The normalized spacial score (nSPS) is 11.5. The number of hydrogen-bond acceptors (Lipinski definition) is 6. The Morgan fingerprint density at radius 1 is 1.50 bits per heavy atom. The van der Waals surface area contributed by atoms with Crippen LogP contribution in [0.4, 0.5) is 15.6 Å². The number of anilines is 2. The lowest BCUT2D eigenvalue weighted by Gasteiger charge is -2.19. The van der Waals surface area contributed by atoms with Crippen LogP contribution < -0.4 is 11.1 Å². The van der Waals surface area contributed by atoms with Crippen molar-refractivity contribution in [2.75, 3.05) is 11.1 Å². The summed E-state index contributed by atoms with van der Waals surface area (Å²) in [5.41, 5.74) is 6.18. The first kappa shape index (κ1) is 12.6. The summed E-state index contributed by atoms with van der Waals surface area (Å²) < 4.78 is 5.96. The SMILES string of the molecule is CC(C)(C)OC(=O)Nc1cnc2nc(N)sc2c1. The van der Waals surface area contributed by atoms with Crippen molar-refractivity contribution in [3.8, 4) is 0 Å². The maximum atomic E-state index is 11.6. The largest absolute Gasteiger partial charge is 0.444 e. The van der Waals surface area contributed by atoms with E-state index in [1.54, 1.807) is 26.8 Å². The van der Waals surface area contributed by atoms with Crippen LogP contribution in [0.1, 0.15) is 20.8 Å². The summed E-state index contributed by atoms with van der Waals surface area (Å²) in [4.78, 5) is 19.7. The minimum Gasteiger partial charge on any atom is -0.444 e. The van der Waals surface area contributed by atoms with E-state index in [4.69, 9.17) is 10.5 Å². The van der Waals surface area contributed by atoms with Crippen molar-refractivity contribution < 1.29 is 9.53 Å². The predicted octanol–water partition coefficient (Wildman–Crippen LogP) is 2.62. The van der Waals surface area contributed by atoms with Crippen LogP contribution in [-0.2, 0) is 4.74 Å². The van der Waals surface area contributed by atoms with Crippen LogP contribution in [0, 0.1) is 0 Å². The van der Waals surface area contributed by atoms with E-state index in [9.17, 15) is 4.79 Å². The Morgan fingerprint density at radius 2 is 2.22 bits per heavy atom. The standard InChI is InChI=1S/C11H14N4O2S/c1-11(2,3)17-10(16)14-6-4-7-8(13-5-6)15-9(12)18-7/h4-5H,1-3H3,(H,14,16)(H2,12,13,15). The first-order chi connectivity index (χ1) is 8.33. The molecule has 6 nitrogen and oxygen atoms in total. The number of nitrogen functional groups attached to an aromatic ring is 1. The zero-order valence-electron chi connectivity index (χ0n) is 10.4. The monoisotopic (exact) mass is 266 g/mol. The topological polar surface area (TPSA) is 90.1 Å². The fourth-order valence-corrected chi connectivity index (χ4v) is 2.06. The number of carbonyl (C=O) groups is 1. The number of nitrogens with two attached hydrogens (primary N) is 1. The Balaban J connectivity index is 2.14. The molecule has 0 atom stereocenters. The molecule has 0 bridgehead atoms. The maximum Gasteiger partial charge on any atom is 0.412 e. The van der Waals surface area contributed by atoms with Gasteiger partial charge >= 0.3 is 6.09 Å². The van der Waals surface area contributed by atoms with Gasteiger partial charge in [0.25, 0.3) is 0 Å². The van der Waals surface area contributed by atoms with Crippen molar-refractivity contribution in [1.29, 1.82) is 0 Å². The van der Waals surface area contributed by atoms with Crippen LogP contribution in [0.25, 0.3) is 10.3 Å². The second-order valence-electron chi connectivity index (χ2n) is 4.72. The molecule has 18 heavy (non-hydrogen) atoms. The minimum atomic E-state index is -0.531. The highest BCUT2D eigenvalue weighted by molar-refractivity contribution is 7.22. The van der Waals surface area contributed by atoms with Gasteiger partial charge in [0.15, 0.2) is 10.8 Å². The molecule has 0 aliphatic rings. The molecule has 7 heteroatoms. The van der Waals surface area contributed by atoms with Crippen LogP contribution in [0.15, 0.2) is 12.3 Å². The Bertz CT molecular complexity index is 588. The van der Waals surface area contributed by atoms with Gasteiger partial charge in [0, 0.05) is 0 Å². The molecule has 0 fully saturated rings. The van der Waals surface area contributed by atoms with E-state index >= 15 is 0 Å². The minimum absolute atomic E-state index is 0.451. The molecule has 3 N–H and O–H groups in total. The summed E-state index contributed by atoms with van der Waals surface area (Å²) >= 11 is 1.32. The van der Waals surface area contributed by atoms with Crippen molar-refractivity contribution in [2.24, 2.45) is 0 Å². The Morgan fingerprint density at radius 3 is 2.89 bits per heavy atom. The molecular formula is C11H14N4O2S. The second-order valence-corrected chi connectivity index (χ2v) is 5.79. The van der Waals surface area contributed by atoms with E-state index in [1.165, 1.54) is 17.5 Å². The molecule has 0 saturated carbocycles. The van der Waals surface area contributed by atoms with Gasteiger partial charge in [0.2, 0.25) is 0 Å². The highest BCUT2D eigenvalue weighted by Gasteiger charge is 2.16. The summed E-state index contributed by atoms with van der Waals surface area (Å²) in [6.07, 6.45) is 1.01. The molecular weight excluding hydrogens is 252 g/mol. The Kier molecular flexibility index (Phi) is 3.08. The van der Waals surface area contributed by atoms with Crippen molar-refractivity contribution >= 4 is 38.6 Å². The molecule has 96 valence electrons.